The molecule has 92 valence electrons. The zero-order valence-corrected chi connectivity index (χ0v) is 9.63. The lowest BCUT2D eigenvalue weighted by Crippen LogP contribution is -2.53. The van der Waals surface area contributed by atoms with Gasteiger partial charge in [0.1, 0.15) is 6.10 Å². The van der Waals surface area contributed by atoms with Gasteiger partial charge < -0.3 is 20.5 Å². The standard InChI is InChI=1S/C11H20N2O3/c1-16-10(6-12)11(15)13-7-2-3-8(13)5-9(14)4-7/h7-10,14H,2-6,12H2,1H3. The molecule has 0 aliphatic carbocycles. The number of amides is 1. The summed E-state index contributed by atoms with van der Waals surface area (Å²) in [6.45, 7) is 0.216. The Morgan fingerprint density at radius 2 is 2.06 bits per heavy atom. The number of fused-ring (bicyclic) bond motifs is 2. The Morgan fingerprint density at radius 1 is 1.50 bits per heavy atom. The van der Waals surface area contributed by atoms with Gasteiger partial charge in [0.05, 0.1) is 6.10 Å². The van der Waals surface area contributed by atoms with Gasteiger partial charge in [-0.05, 0) is 25.7 Å². The summed E-state index contributed by atoms with van der Waals surface area (Å²) in [6, 6.07) is 0.371. The fourth-order valence-corrected chi connectivity index (χ4v) is 2.97. The summed E-state index contributed by atoms with van der Waals surface area (Å²) < 4.78 is 5.09. The van der Waals surface area contributed by atoms with E-state index in [0.717, 1.165) is 12.8 Å². The van der Waals surface area contributed by atoms with Gasteiger partial charge in [0.25, 0.3) is 5.91 Å². The van der Waals surface area contributed by atoms with Crippen LogP contribution in [-0.4, -0.2) is 53.9 Å². The van der Waals surface area contributed by atoms with Crippen LogP contribution in [0.3, 0.4) is 0 Å². The minimum absolute atomic E-state index is 0.00981. The van der Waals surface area contributed by atoms with Crippen LogP contribution in [0.1, 0.15) is 25.7 Å². The molecule has 2 heterocycles. The number of hydrogen-bond donors (Lipinski definition) is 2. The first-order chi connectivity index (χ1) is 7.67. The molecular formula is C11H20N2O3. The van der Waals surface area contributed by atoms with E-state index in [4.69, 9.17) is 10.5 Å². The molecule has 5 heteroatoms. The predicted octanol–water partition coefficient (Wildman–Crippen LogP) is -0.526. The van der Waals surface area contributed by atoms with Gasteiger partial charge in [0.2, 0.25) is 0 Å². The van der Waals surface area contributed by atoms with Crippen molar-refractivity contribution in [1.29, 1.82) is 0 Å². The molecule has 0 aromatic rings. The molecule has 2 aliphatic heterocycles. The quantitative estimate of drug-likeness (QED) is 0.681. The van der Waals surface area contributed by atoms with E-state index in [1.807, 2.05) is 4.90 Å². The molecule has 0 spiro atoms. The average Bonchev–Trinajstić information content (AvgIpc) is 2.53. The van der Waals surface area contributed by atoms with Crippen molar-refractivity contribution in [3.63, 3.8) is 0 Å². The maximum absolute atomic E-state index is 12.2. The number of aliphatic hydroxyl groups excluding tert-OH is 1. The molecule has 2 saturated heterocycles. The third-order valence-electron chi connectivity index (χ3n) is 3.74. The normalized spacial score (nSPS) is 35.2. The highest BCUT2D eigenvalue weighted by Crippen LogP contribution is 2.36. The molecule has 5 nitrogen and oxygen atoms in total. The first kappa shape index (κ1) is 11.8. The number of nitrogens with two attached hydrogens (primary N) is 1. The molecule has 2 fully saturated rings. The molecule has 0 aromatic carbocycles. The molecule has 0 aromatic heterocycles. The number of methoxy groups -OCH3 is 1. The smallest absolute Gasteiger partial charge is 0.253 e. The molecule has 1 amide bonds. The second-order valence-electron chi connectivity index (χ2n) is 4.72. The summed E-state index contributed by atoms with van der Waals surface area (Å²) in [7, 11) is 1.51. The zero-order valence-electron chi connectivity index (χ0n) is 9.63. The molecular weight excluding hydrogens is 208 g/mol. The third kappa shape index (κ3) is 1.95. The number of carbonyl (C=O) groups excluding carboxylic acids is 1. The molecule has 3 N–H and O–H groups in total. The van der Waals surface area contributed by atoms with Gasteiger partial charge in [-0.3, -0.25) is 4.79 Å². The Hall–Kier alpha value is -0.650. The summed E-state index contributed by atoms with van der Waals surface area (Å²) >= 11 is 0. The Kier molecular flexibility index (Phi) is 3.47. The molecule has 0 radical (unpaired) electrons. The van der Waals surface area contributed by atoms with Crippen molar-refractivity contribution < 1.29 is 14.6 Å². The van der Waals surface area contributed by atoms with Crippen LogP contribution in [0.4, 0.5) is 0 Å². The average molecular weight is 228 g/mol. The topological polar surface area (TPSA) is 75.8 Å². The van der Waals surface area contributed by atoms with Crippen molar-refractivity contribution in [2.24, 2.45) is 5.73 Å². The largest absolute Gasteiger partial charge is 0.393 e. The van der Waals surface area contributed by atoms with Crippen molar-refractivity contribution >= 4 is 5.91 Å². The van der Waals surface area contributed by atoms with Gasteiger partial charge in [0.15, 0.2) is 0 Å². The molecule has 3 unspecified atom stereocenters. The summed E-state index contributed by atoms with van der Waals surface area (Å²) in [4.78, 5) is 14.1. The van der Waals surface area contributed by atoms with Crippen molar-refractivity contribution in [3.05, 3.63) is 0 Å². The van der Waals surface area contributed by atoms with Crippen molar-refractivity contribution in [1.82, 2.24) is 4.90 Å². The monoisotopic (exact) mass is 228 g/mol. The summed E-state index contributed by atoms with van der Waals surface area (Å²) in [5, 5.41) is 9.65. The van der Waals surface area contributed by atoms with E-state index in [-0.39, 0.29) is 30.6 Å². The summed E-state index contributed by atoms with van der Waals surface area (Å²) in [5.41, 5.74) is 5.51. The molecule has 2 bridgehead atoms. The highest BCUT2D eigenvalue weighted by molar-refractivity contribution is 5.82. The van der Waals surface area contributed by atoms with Crippen LogP contribution in [-0.2, 0) is 9.53 Å². The maximum Gasteiger partial charge on any atom is 0.253 e. The van der Waals surface area contributed by atoms with Crippen LogP contribution in [0.25, 0.3) is 0 Å². The number of hydrogen-bond acceptors (Lipinski definition) is 4. The van der Waals surface area contributed by atoms with E-state index in [2.05, 4.69) is 0 Å². The fraction of sp³-hybridized carbons (Fsp3) is 0.909. The van der Waals surface area contributed by atoms with Crippen LogP contribution in [0, 0.1) is 0 Å². The molecule has 2 rings (SSSR count). The van der Waals surface area contributed by atoms with Gasteiger partial charge >= 0.3 is 0 Å². The summed E-state index contributed by atoms with van der Waals surface area (Å²) in [6.07, 6.45) is 2.61. The molecule has 3 atom stereocenters. The Balaban J connectivity index is 2.07. The SMILES string of the molecule is COC(CN)C(=O)N1C2CCC1CC(O)C2. The minimum atomic E-state index is -0.529. The highest BCUT2D eigenvalue weighted by atomic mass is 16.5. The molecule has 0 saturated carbocycles. The highest BCUT2D eigenvalue weighted by Gasteiger charge is 2.44. The van der Waals surface area contributed by atoms with Gasteiger partial charge in [-0.25, -0.2) is 0 Å². The van der Waals surface area contributed by atoms with Gasteiger partial charge in [-0.2, -0.15) is 0 Å². The Morgan fingerprint density at radius 3 is 2.50 bits per heavy atom. The first-order valence-electron chi connectivity index (χ1n) is 5.90. The fourth-order valence-electron chi connectivity index (χ4n) is 2.97. The Bertz CT molecular complexity index is 254. The Labute approximate surface area is 95.5 Å². The number of nitrogens with zero attached hydrogens (tertiary/aromatic N) is 1. The number of carbonyl (C=O) groups is 1. The van der Waals surface area contributed by atoms with Crippen LogP contribution in [0.2, 0.25) is 0 Å². The van der Waals surface area contributed by atoms with E-state index >= 15 is 0 Å². The van der Waals surface area contributed by atoms with Crippen molar-refractivity contribution in [2.45, 2.75) is 50.0 Å². The summed E-state index contributed by atoms with van der Waals surface area (Å²) in [5.74, 6) is -0.00981. The first-order valence-corrected chi connectivity index (χ1v) is 5.90. The lowest BCUT2D eigenvalue weighted by atomic mass is 9.99. The lowest BCUT2D eigenvalue weighted by molar-refractivity contribution is -0.147. The van der Waals surface area contributed by atoms with Gasteiger partial charge in [-0.15, -0.1) is 0 Å². The van der Waals surface area contributed by atoms with E-state index in [1.165, 1.54) is 7.11 Å². The number of aliphatic hydroxyl groups is 1. The second-order valence-corrected chi connectivity index (χ2v) is 4.72. The van der Waals surface area contributed by atoms with Crippen LogP contribution in [0.5, 0.6) is 0 Å². The van der Waals surface area contributed by atoms with Gasteiger partial charge in [-0.1, -0.05) is 0 Å². The second kappa shape index (κ2) is 4.69. The zero-order chi connectivity index (χ0) is 11.7. The maximum atomic E-state index is 12.2. The van der Waals surface area contributed by atoms with Crippen LogP contribution < -0.4 is 5.73 Å². The number of ether oxygens (including phenoxy) is 1. The van der Waals surface area contributed by atoms with Crippen molar-refractivity contribution in [3.8, 4) is 0 Å². The molecule has 16 heavy (non-hydrogen) atoms. The lowest BCUT2D eigenvalue weighted by Gasteiger charge is -2.38. The number of piperidine rings is 1. The molecule has 2 aliphatic rings. The van der Waals surface area contributed by atoms with Gasteiger partial charge in [0, 0.05) is 25.7 Å². The predicted molar refractivity (Wildman–Crippen MR) is 58.7 cm³/mol. The van der Waals surface area contributed by atoms with Crippen LogP contribution >= 0.6 is 0 Å². The van der Waals surface area contributed by atoms with Crippen molar-refractivity contribution in [2.75, 3.05) is 13.7 Å². The van der Waals surface area contributed by atoms with Crippen LogP contribution in [0.15, 0.2) is 0 Å². The van der Waals surface area contributed by atoms with E-state index < -0.39 is 6.10 Å². The van der Waals surface area contributed by atoms with E-state index in [0.29, 0.717) is 12.8 Å². The van der Waals surface area contributed by atoms with E-state index in [9.17, 15) is 9.90 Å². The number of rotatable bonds is 3. The van der Waals surface area contributed by atoms with E-state index in [1.54, 1.807) is 0 Å². The third-order valence-corrected chi connectivity index (χ3v) is 3.74. The minimum Gasteiger partial charge on any atom is -0.393 e.